The Labute approximate surface area is 176 Å². The maximum Gasteiger partial charge on any atom is 0.277 e. The summed E-state index contributed by atoms with van der Waals surface area (Å²) in [5, 5.41) is 3.97. The van der Waals surface area contributed by atoms with E-state index in [4.69, 9.17) is 9.47 Å². The number of rotatable bonds is 7. The number of para-hydroxylation sites is 1. The van der Waals surface area contributed by atoms with Crippen LogP contribution in [-0.2, 0) is 4.79 Å². The monoisotopic (exact) mass is 496 g/mol. The molecule has 144 valence electrons. The lowest BCUT2D eigenvalue weighted by Crippen LogP contribution is -2.25. The van der Waals surface area contributed by atoms with Gasteiger partial charge in [0.2, 0.25) is 0 Å². The van der Waals surface area contributed by atoms with Crippen LogP contribution in [0.5, 0.6) is 11.5 Å². The highest BCUT2D eigenvalue weighted by atomic mass is 79.9. The molecular weight excluding hydrogens is 476 g/mol. The number of hydrogen-bond donors (Lipinski definition) is 1. The maximum atomic E-state index is 12.1. The van der Waals surface area contributed by atoms with Crippen molar-refractivity contribution in [3.8, 4) is 11.5 Å². The van der Waals surface area contributed by atoms with E-state index in [2.05, 4.69) is 56.2 Å². The molecule has 5 nitrogen and oxygen atoms in total. The van der Waals surface area contributed by atoms with Crippen LogP contribution in [0.2, 0.25) is 0 Å². The Balaban J connectivity index is 2.04. The molecule has 0 aromatic heterocycles. The molecule has 27 heavy (non-hydrogen) atoms. The molecule has 2 aromatic rings. The van der Waals surface area contributed by atoms with E-state index >= 15 is 0 Å². The second-order valence-electron chi connectivity index (χ2n) is 6.19. The van der Waals surface area contributed by atoms with E-state index in [9.17, 15) is 4.79 Å². The summed E-state index contributed by atoms with van der Waals surface area (Å²) in [5.41, 5.74) is 5.28. The summed E-state index contributed by atoms with van der Waals surface area (Å²) in [7, 11) is 1.59. The van der Waals surface area contributed by atoms with Gasteiger partial charge in [0.1, 0.15) is 11.5 Å². The SMILES string of the molecule is COc1ccccc1/C=N\NC(=O)COc1c(C(C)C)cc(Br)c(C)c1Br. The van der Waals surface area contributed by atoms with Crippen LogP contribution in [0.15, 0.2) is 44.4 Å². The smallest absolute Gasteiger partial charge is 0.277 e. The lowest BCUT2D eigenvalue weighted by atomic mass is 10.0. The first kappa shape index (κ1) is 21.4. The van der Waals surface area contributed by atoms with Gasteiger partial charge in [0.25, 0.3) is 5.91 Å². The highest BCUT2D eigenvalue weighted by Gasteiger charge is 2.17. The van der Waals surface area contributed by atoms with Crippen LogP contribution < -0.4 is 14.9 Å². The van der Waals surface area contributed by atoms with E-state index in [1.807, 2.05) is 37.3 Å². The first-order chi connectivity index (χ1) is 12.8. The summed E-state index contributed by atoms with van der Waals surface area (Å²) in [6, 6.07) is 9.44. The quantitative estimate of drug-likeness (QED) is 0.423. The third kappa shape index (κ3) is 5.56. The van der Waals surface area contributed by atoms with Gasteiger partial charge < -0.3 is 9.47 Å². The number of amides is 1. The Morgan fingerprint density at radius 3 is 2.67 bits per heavy atom. The van der Waals surface area contributed by atoms with E-state index in [1.165, 1.54) is 6.21 Å². The third-order valence-corrected chi connectivity index (χ3v) is 5.71. The van der Waals surface area contributed by atoms with Crippen molar-refractivity contribution in [2.24, 2.45) is 5.10 Å². The molecule has 0 unspecified atom stereocenters. The number of carbonyl (C=O) groups excluding carboxylic acids is 1. The highest BCUT2D eigenvalue weighted by Crippen LogP contribution is 2.40. The standard InChI is InChI=1S/C20H22Br2N2O3/c1-12(2)15-9-16(21)13(3)19(22)20(15)27-11-18(25)24-23-10-14-7-5-6-8-17(14)26-4/h5-10,12H,11H2,1-4H3,(H,24,25)/b23-10-. The number of halogens is 2. The van der Waals surface area contributed by atoms with Gasteiger partial charge in [-0.1, -0.05) is 41.9 Å². The number of hydrogen-bond acceptors (Lipinski definition) is 4. The summed E-state index contributed by atoms with van der Waals surface area (Å²) in [6.07, 6.45) is 1.54. The van der Waals surface area contributed by atoms with E-state index in [-0.39, 0.29) is 18.4 Å². The summed E-state index contributed by atoms with van der Waals surface area (Å²) < 4.78 is 12.9. The van der Waals surface area contributed by atoms with Crippen LogP contribution in [0.25, 0.3) is 0 Å². The minimum absolute atomic E-state index is 0.136. The van der Waals surface area contributed by atoms with Crippen molar-refractivity contribution in [2.45, 2.75) is 26.7 Å². The van der Waals surface area contributed by atoms with Gasteiger partial charge in [0.05, 0.1) is 17.8 Å². The minimum atomic E-state index is -0.344. The fourth-order valence-corrected chi connectivity index (χ4v) is 3.67. The van der Waals surface area contributed by atoms with Crippen LogP contribution >= 0.6 is 31.9 Å². The van der Waals surface area contributed by atoms with Gasteiger partial charge in [0.15, 0.2) is 6.61 Å². The number of nitrogens with zero attached hydrogens (tertiary/aromatic N) is 1. The zero-order valence-corrected chi connectivity index (χ0v) is 18.8. The number of hydrazone groups is 1. The van der Waals surface area contributed by atoms with Crippen LogP contribution in [-0.4, -0.2) is 25.8 Å². The second kappa shape index (κ2) is 9.90. The van der Waals surface area contributed by atoms with Gasteiger partial charge in [-0.3, -0.25) is 4.79 Å². The van der Waals surface area contributed by atoms with Crippen LogP contribution in [0.4, 0.5) is 0 Å². The molecule has 0 heterocycles. The Morgan fingerprint density at radius 2 is 2.00 bits per heavy atom. The average Bonchev–Trinajstić information content (AvgIpc) is 2.65. The van der Waals surface area contributed by atoms with E-state index < -0.39 is 0 Å². The topological polar surface area (TPSA) is 59.9 Å². The molecule has 0 aliphatic heterocycles. The van der Waals surface area contributed by atoms with Crippen LogP contribution in [0.1, 0.15) is 36.5 Å². The van der Waals surface area contributed by atoms with Gasteiger partial charge >= 0.3 is 0 Å². The minimum Gasteiger partial charge on any atom is -0.496 e. The van der Waals surface area contributed by atoms with Gasteiger partial charge in [0, 0.05) is 10.0 Å². The fraction of sp³-hybridized carbons (Fsp3) is 0.300. The molecule has 2 aromatic carbocycles. The van der Waals surface area contributed by atoms with Gasteiger partial charge in [-0.15, -0.1) is 0 Å². The number of benzene rings is 2. The van der Waals surface area contributed by atoms with Crippen molar-refractivity contribution in [3.63, 3.8) is 0 Å². The Morgan fingerprint density at radius 1 is 1.30 bits per heavy atom. The molecule has 0 aliphatic carbocycles. The summed E-state index contributed by atoms with van der Waals surface area (Å²) in [5.74, 6) is 1.26. The van der Waals surface area contributed by atoms with Crippen molar-refractivity contribution in [3.05, 3.63) is 56.0 Å². The van der Waals surface area contributed by atoms with Gasteiger partial charge in [-0.2, -0.15) is 5.10 Å². The Bertz CT molecular complexity index is 851. The van der Waals surface area contributed by atoms with E-state index in [0.29, 0.717) is 11.5 Å². The molecular formula is C20H22Br2N2O3. The number of ether oxygens (including phenoxy) is 2. The van der Waals surface area contributed by atoms with Crippen molar-refractivity contribution in [1.82, 2.24) is 5.43 Å². The third-order valence-electron chi connectivity index (χ3n) is 3.93. The molecule has 0 bridgehead atoms. The second-order valence-corrected chi connectivity index (χ2v) is 7.84. The molecule has 0 spiro atoms. The fourth-order valence-electron chi connectivity index (χ4n) is 2.40. The molecule has 2 rings (SSSR count). The van der Waals surface area contributed by atoms with Gasteiger partial charge in [-0.05, 0) is 58.1 Å². The van der Waals surface area contributed by atoms with Crippen LogP contribution in [0.3, 0.4) is 0 Å². The van der Waals surface area contributed by atoms with Crippen LogP contribution in [0, 0.1) is 6.92 Å². The van der Waals surface area contributed by atoms with Crippen molar-refractivity contribution in [1.29, 1.82) is 0 Å². The van der Waals surface area contributed by atoms with Crippen molar-refractivity contribution >= 4 is 44.0 Å². The number of carbonyl (C=O) groups is 1. The highest BCUT2D eigenvalue weighted by molar-refractivity contribution is 9.11. The predicted octanol–water partition coefficient (Wildman–Crippen LogP) is 5.18. The zero-order valence-electron chi connectivity index (χ0n) is 15.7. The lowest BCUT2D eigenvalue weighted by molar-refractivity contribution is -0.123. The first-order valence-corrected chi connectivity index (χ1v) is 10.00. The number of methoxy groups -OCH3 is 1. The molecule has 1 N–H and O–H groups in total. The number of nitrogens with one attached hydrogen (secondary N) is 1. The first-order valence-electron chi connectivity index (χ1n) is 8.41. The zero-order chi connectivity index (χ0) is 20.0. The Hall–Kier alpha value is -1.86. The molecule has 0 saturated heterocycles. The molecule has 0 atom stereocenters. The largest absolute Gasteiger partial charge is 0.496 e. The maximum absolute atomic E-state index is 12.1. The molecule has 0 aliphatic rings. The van der Waals surface area contributed by atoms with Gasteiger partial charge in [-0.25, -0.2) is 5.43 Å². The summed E-state index contributed by atoms with van der Waals surface area (Å²) in [6.45, 7) is 5.99. The normalized spacial score (nSPS) is 11.1. The Kier molecular flexibility index (Phi) is 7.86. The van der Waals surface area contributed by atoms with E-state index in [1.54, 1.807) is 7.11 Å². The molecule has 1 amide bonds. The molecule has 0 fully saturated rings. The molecule has 0 radical (unpaired) electrons. The lowest BCUT2D eigenvalue weighted by Gasteiger charge is -2.18. The molecule has 0 saturated carbocycles. The summed E-state index contributed by atoms with van der Waals surface area (Å²) >= 11 is 7.12. The average molecular weight is 498 g/mol. The predicted molar refractivity (Wildman–Crippen MR) is 115 cm³/mol. The summed E-state index contributed by atoms with van der Waals surface area (Å²) in [4.78, 5) is 12.1. The molecule has 7 heteroatoms. The van der Waals surface area contributed by atoms with Crippen molar-refractivity contribution in [2.75, 3.05) is 13.7 Å². The van der Waals surface area contributed by atoms with E-state index in [0.717, 1.165) is 25.6 Å². The van der Waals surface area contributed by atoms with Crippen molar-refractivity contribution < 1.29 is 14.3 Å².